The van der Waals surface area contributed by atoms with Gasteiger partial charge in [0, 0.05) is 12.3 Å². The minimum Gasteiger partial charge on any atom is -0.493 e. The Balaban J connectivity index is 1.83. The molecular weight excluding hydrogens is 264 g/mol. The predicted molar refractivity (Wildman–Crippen MR) is 83.9 cm³/mol. The van der Waals surface area contributed by atoms with E-state index in [-0.39, 0.29) is 5.92 Å². The number of Topliss-reactive ketones (excluding diaryl/α,β-unsaturated/α-hetero) is 1. The van der Waals surface area contributed by atoms with Gasteiger partial charge in [-0.3, -0.25) is 4.79 Å². The lowest BCUT2D eigenvalue weighted by Crippen LogP contribution is -2.26. The predicted octanol–water partition coefficient (Wildman–Crippen LogP) is 4.25. The number of methoxy groups -OCH3 is 1. The number of ether oxygens (including phenoxy) is 2. The van der Waals surface area contributed by atoms with Crippen molar-refractivity contribution < 1.29 is 14.3 Å². The van der Waals surface area contributed by atoms with Crippen LogP contribution in [0.25, 0.3) is 0 Å². The summed E-state index contributed by atoms with van der Waals surface area (Å²) in [5.41, 5.74) is 0. The average molecular weight is 290 g/mol. The third-order valence-electron chi connectivity index (χ3n) is 4.36. The third-order valence-corrected chi connectivity index (χ3v) is 4.36. The average Bonchev–Trinajstić information content (AvgIpc) is 2.51. The summed E-state index contributed by atoms with van der Waals surface area (Å²) >= 11 is 0. The van der Waals surface area contributed by atoms with E-state index in [9.17, 15) is 4.79 Å². The van der Waals surface area contributed by atoms with Gasteiger partial charge in [-0.25, -0.2) is 0 Å². The number of rotatable bonds is 7. The second kappa shape index (κ2) is 8.06. The van der Waals surface area contributed by atoms with Crippen LogP contribution in [0.15, 0.2) is 24.3 Å². The minimum absolute atomic E-state index is 0.185. The summed E-state index contributed by atoms with van der Waals surface area (Å²) in [7, 11) is 1.64. The summed E-state index contributed by atoms with van der Waals surface area (Å²) in [6.07, 6.45) is 6.15. The van der Waals surface area contributed by atoms with Crippen molar-refractivity contribution in [3.63, 3.8) is 0 Å². The Morgan fingerprint density at radius 1 is 1.19 bits per heavy atom. The van der Waals surface area contributed by atoms with Crippen LogP contribution in [-0.2, 0) is 4.79 Å². The summed E-state index contributed by atoms with van der Waals surface area (Å²) in [5.74, 6) is 2.84. The fourth-order valence-corrected chi connectivity index (χ4v) is 3.20. The zero-order chi connectivity index (χ0) is 15.1. The largest absolute Gasteiger partial charge is 0.493 e. The van der Waals surface area contributed by atoms with E-state index in [0.717, 1.165) is 43.1 Å². The monoisotopic (exact) mass is 290 g/mol. The SMILES string of the molecule is CCCC1CCC(=O)C(CCOc2ccccc2OC)C1. The molecule has 0 radical (unpaired) electrons. The molecule has 0 spiro atoms. The van der Waals surface area contributed by atoms with Gasteiger partial charge in [0.1, 0.15) is 5.78 Å². The van der Waals surface area contributed by atoms with Crippen molar-refractivity contribution in [2.75, 3.05) is 13.7 Å². The zero-order valence-electron chi connectivity index (χ0n) is 13.1. The Kier molecular flexibility index (Phi) is 6.09. The topological polar surface area (TPSA) is 35.5 Å². The van der Waals surface area contributed by atoms with Crippen LogP contribution in [0.1, 0.15) is 45.4 Å². The number of hydrogen-bond acceptors (Lipinski definition) is 3. The van der Waals surface area contributed by atoms with Crippen LogP contribution in [-0.4, -0.2) is 19.5 Å². The summed E-state index contributed by atoms with van der Waals surface area (Å²) in [4.78, 5) is 12.0. The van der Waals surface area contributed by atoms with Crippen LogP contribution >= 0.6 is 0 Å². The van der Waals surface area contributed by atoms with E-state index < -0.39 is 0 Å². The lowest BCUT2D eigenvalue weighted by Gasteiger charge is -2.27. The van der Waals surface area contributed by atoms with E-state index in [4.69, 9.17) is 9.47 Å². The van der Waals surface area contributed by atoms with Crippen LogP contribution in [0.4, 0.5) is 0 Å². The van der Waals surface area contributed by atoms with E-state index in [1.807, 2.05) is 24.3 Å². The van der Waals surface area contributed by atoms with Crippen molar-refractivity contribution in [2.24, 2.45) is 11.8 Å². The minimum atomic E-state index is 0.185. The first kappa shape index (κ1) is 15.9. The van der Waals surface area contributed by atoms with Gasteiger partial charge in [0.25, 0.3) is 0 Å². The van der Waals surface area contributed by atoms with Gasteiger partial charge in [0.2, 0.25) is 0 Å². The highest BCUT2D eigenvalue weighted by Gasteiger charge is 2.27. The summed E-state index contributed by atoms with van der Waals surface area (Å²) < 4.78 is 11.1. The maximum atomic E-state index is 12.0. The van der Waals surface area contributed by atoms with E-state index in [1.165, 1.54) is 12.8 Å². The molecule has 1 aliphatic carbocycles. The van der Waals surface area contributed by atoms with E-state index >= 15 is 0 Å². The highest BCUT2D eigenvalue weighted by molar-refractivity contribution is 5.81. The Labute approximate surface area is 127 Å². The summed E-state index contributed by atoms with van der Waals surface area (Å²) in [6.45, 7) is 2.80. The second-order valence-electron chi connectivity index (χ2n) is 5.88. The van der Waals surface area contributed by atoms with E-state index in [1.54, 1.807) is 7.11 Å². The third kappa shape index (κ3) is 4.48. The molecule has 0 amide bonds. The van der Waals surface area contributed by atoms with Crippen molar-refractivity contribution in [3.8, 4) is 11.5 Å². The number of para-hydroxylation sites is 2. The fraction of sp³-hybridized carbons (Fsp3) is 0.611. The molecule has 2 rings (SSSR count). The van der Waals surface area contributed by atoms with Crippen molar-refractivity contribution in [1.29, 1.82) is 0 Å². The fourth-order valence-electron chi connectivity index (χ4n) is 3.20. The Morgan fingerprint density at radius 3 is 2.67 bits per heavy atom. The molecule has 116 valence electrons. The standard InChI is InChI=1S/C18H26O3/c1-3-6-14-9-10-16(19)15(13-14)11-12-21-18-8-5-4-7-17(18)20-2/h4-5,7-8,14-15H,3,6,9-13H2,1-2H3. The van der Waals surface area contributed by atoms with Gasteiger partial charge in [0.05, 0.1) is 13.7 Å². The molecule has 0 saturated heterocycles. The zero-order valence-corrected chi connectivity index (χ0v) is 13.1. The van der Waals surface area contributed by atoms with Crippen LogP contribution in [0.3, 0.4) is 0 Å². The van der Waals surface area contributed by atoms with Crippen LogP contribution < -0.4 is 9.47 Å². The van der Waals surface area contributed by atoms with Crippen LogP contribution in [0, 0.1) is 11.8 Å². The van der Waals surface area contributed by atoms with Gasteiger partial charge in [-0.05, 0) is 37.3 Å². The van der Waals surface area contributed by atoms with Gasteiger partial charge < -0.3 is 9.47 Å². The molecule has 2 unspecified atom stereocenters. The molecule has 3 nitrogen and oxygen atoms in total. The molecule has 0 aliphatic heterocycles. The molecular formula is C18H26O3. The maximum Gasteiger partial charge on any atom is 0.161 e. The first-order valence-electron chi connectivity index (χ1n) is 8.03. The second-order valence-corrected chi connectivity index (χ2v) is 5.88. The lowest BCUT2D eigenvalue weighted by atomic mass is 9.77. The number of hydrogen-bond donors (Lipinski definition) is 0. The van der Waals surface area contributed by atoms with Gasteiger partial charge in [-0.2, -0.15) is 0 Å². The Bertz CT molecular complexity index is 456. The van der Waals surface area contributed by atoms with Gasteiger partial charge in [-0.1, -0.05) is 31.9 Å². The van der Waals surface area contributed by atoms with Gasteiger partial charge >= 0.3 is 0 Å². The lowest BCUT2D eigenvalue weighted by molar-refractivity contribution is -0.126. The summed E-state index contributed by atoms with van der Waals surface area (Å²) in [5, 5.41) is 0. The molecule has 1 aromatic rings. The molecule has 0 N–H and O–H groups in total. The van der Waals surface area contributed by atoms with E-state index in [2.05, 4.69) is 6.92 Å². The number of carbonyl (C=O) groups excluding carboxylic acids is 1. The molecule has 21 heavy (non-hydrogen) atoms. The molecule has 3 heteroatoms. The highest BCUT2D eigenvalue weighted by Crippen LogP contribution is 2.32. The molecule has 0 bridgehead atoms. The Hall–Kier alpha value is -1.51. The number of carbonyl (C=O) groups is 1. The molecule has 2 atom stereocenters. The maximum absolute atomic E-state index is 12.0. The van der Waals surface area contributed by atoms with Gasteiger partial charge in [-0.15, -0.1) is 0 Å². The molecule has 0 aromatic heterocycles. The number of ketones is 1. The first-order valence-corrected chi connectivity index (χ1v) is 8.03. The molecule has 0 heterocycles. The van der Waals surface area contributed by atoms with Crippen molar-refractivity contribution in [3.05, 3.63) is 24.3 Å². The van der Waals surface area contributed by atoms with Crippen molar-refractivity contribution >= 4 is 5.78 Å². The first-order chi connectivity index (χ1) is 10.2. The number of benzene rings is 1. The Morgan fingerprint density at radius 2 is 1.95 bits per heavy atom. The van der Waals surface area contributed by atoms with Crippen LogP contribution in [0.5, 0.6) is 11.5 Å². The molecule has 1 aliphatic rings. The highest BCUT2D eigenvalue weighted by atomic mass is 16.5. The van der Waals surface area contributed by atoms with E-state index in [0.29, 0.717) is 12.4 Å². The van der Waals surface area contributed by atoms with Crippen molar-refractivity contribution in [2.45, 2.75) is 45.4 Å². The molecule has 1 fully saturated rings. The molecule has 1 saturated carbocycles. The molecule has 1 aromatic carbocycles. The van der Waals surface area contributed by atoms with Crippen LogP contribution in [0.2, 0.25) is 0 Å². The quantitative estimate of drug-likeness (QED) is 0.753. The smallest absolute Gasteiger partial charge is 0.161 e. The normalized spacial score (nSPS) is 22.1. The summed E-state index contributed by atoms with van der Waals surface area (Å²) in [6, 6.07) is 7.65. The van der Waals surface area contributed by atoms with Gasteiger partial charge in [0.15, 0.2) is 11.5 Å². The van der Waals surface area contributed by atoms with Crippen molar-refractivity contribution in [1.82, 2.24) is 0 Å².